The van der Waals surface area contributed by atoms with E-state index in [1.807, 2.05) is 24.4 Å². The average molecular weight is 459 g/mol. The first-order valence-corrected chi connectivity index (χ1v) is 8.85. The number of hydrogen-bond donors (Lipinski definition) is 2. The van der Waals surface area contributed by atoms with Crippen molar-refractivity contribution in [2.45, 2.75) is 33.6 Å². The lowest BCUT2D eigenvalue weighted by atomic mass is 10.3. The maximum atomic E-state index is 4.62. The Morgan fingerprint density at radius 2 is 2.04 bits per heavy atom. The van der Waals surface area contributed by atoms with Crippen LogP contribution in [0.3, 0.4) is 0 Å². The van der Waals surface area contributed by atoms with Gasteiger partial charge in [-0.2, -0.15) is 0 Å². The van der Waals surface area contributed by atoms with Crippen molar-refractivity contribution in [3.63, 3.8) is 0 Å². The Labute approximate surface area is 165 Å². The highest BCUT2D eigenvalue weighted by Gasteiger charge is 2.03. The van der Waals surface area contributed by atoms with Crippen LogP contribution in [0.4, 0.5) is 0 Å². The average Bonchev–Trinajstić information content (AvgIpc) is 2.86. The third kappa shape index (κ3) is 7.12. The number of nitrogens with zero attached hydrogens (tertiary/aromatic N) is 3. The van der Waals surface area contributed by atoms with Crippen LogP contribution in [-0.4, -0.2) is 35.6 Å². The lowest BCUT2D eigenvalue weighted by Gasteiger charge is -2.10. The lowest BCUT2D eigenvalue weighted by molar-refractivity contribution is 0.785. The molecule has 5 nitrogen and oxygen atoms in total. The van der Waals surface area contributed by atoms with E-state index in [1.54, 1.807) is 11.3 Å². The molecule has 0 amide bonds. The van der Waals surface area contributed by atoms with Crippen LogP contribution in [0.1, 0.15) is 28.2 Å². The molecule has 0 aromatic carbocycles. The van der Waals surface area contributed by atoms with Crippen LogP contribution in [-0.2, 0) is 12.8 Å². The van der Waals surface area contributed by atoms with E-state index in [1.165, 1.54) is 4.88 Å². The van der Waals surface area contributed by atoms with Crippen molar-refractivity contribution in [1.29, 1.82) is 0 Å². The molecular formula is C17H26IN5S. The van der Waals surface area contributed by atoms with E-state index in [-0.39, 0.29) is 24.0 Å². The minimum atomic E-state index is 0. The molecule has 0 fully saturated rings. The molecule has 2 aromatic heterocycles. The number of aromatic nitrogens is 2. The van der Waals surface area contributed by atoms with E-state index in [2.05, 4.69) is 46.4 Å². The Balaban J connectivity index is 0.00000288. The number of thiazole rings is 1. The standard InChI is InChI=1S/C17H25N5S.HI/c1-4-18-17(20-11-8-15-7-5-6-10-19-15)21-12-9-16-22-13(2)14(3)23-16;/h5-7,10H,4,8-9,11-12H2,1-3H3,(H2,18,20,21);1H. The summed E-state index contributed by atoms with van der Waals surface area (Å²) in [6.45, 7) is 8.66. The molecule has 24 heavy (non-hydrogen) atoms. The van der Waals surface area contributed by atoms with Gasteiger partial charge in [0.05, 0.1) is 10.7 Å². The molecule has 7 heteroatoms. The Morgan fingerprint density at radius 1 is 1.21 bits per heavy atom. The fourth-order valence-electron chi connectivity index (χ4n) is 2.11. The molecule has 0 atom stereocenters. The van der Waals surface area contributed by atoms with E-state index in [9.17, 15) is 0 Å². The van der Waals surface area contributed by atoms with Crippen LogP contribution in [0.25, 0.3) is 0 Å². The van der Waals surface area contributed by atoms with Gasteiger partial charge in [-0.15, -0.1) is 35.3 Å². The van der Waals surface area contributed by atoms with Crippen LogP contribution < -0.4 is 10.6 Å². The smallest absolute Gasteiger partial charge is 0.191 e. The largest absolute Gasteiger partial charge is 0.357 e. The number of aryl methyl sites for hydroxylation is 2. The predicted octanol–water partition coefficient (Wildman–Crippen LogP) is 3.11. The van der Waals surface area contributed by atoms with Gasteiger partial charge in [-0.3, -0.25) is 9.98 Å². The summed E-state index contributed by atoms with van der Waals surface area (Å²) >= 11 is 1.77. The number of pyridine rings is 1. The van der Waals surface area contributed by atoms with E-state index in [0.717, 1.165) is 54.8 Å². The Bertz CT molecular complexity index is 608. The van der Waals surface area contributed by atoms with Gasteiger partial charge < -0.3 is 10.6 Å². The molecule has 132 valence electrons. The third-order valence-corrected chi connectivity index (χ3v) is 4.54. The highest BCUT2D eigenvalue weighted by Crippen LogP contribution is 2.16. The molecule has 0 unspecified atom stereocenters. The minimum Gasteiger partial charge on any atom is -0.357 e. The number of aliphatic imine (C=N–C) groups is 1. The number of guanidine groups is 1. The van der Waals surface area contributed by atoms with Crippen LogP contribution in [0.2, 0.25) is 0 Å². The maximum Gasteiger partial charge on any atom is 0.191 e. The monoisotopic (exact) mass is 459 g/mol. The number of nitrogens with one attached hydrogen (secondary N) is 2. The maximum absolute atomic E-state index is 4.62. The summed E-state index contributed by atoms with van der Waals surface area (Å²) in [5.41, 5.74) is 2.22. The van der Waals surface area contributed by atoms with E-state index in [0.29, 0.717) is 0 Å². The van der Waals surface area contributed by atoms with Crippen molar-refractivity contribution in [3.05, 3.63) is 45.7 Å². The van der Waals surface area contributed by atoms with Crippen LogP contribution in [0, 0.1) is 13.8 Å². The Kier molecular flexibility index (Phi) is 9.85. The van der Waals surface area contributed by atoms with Gasteiger partial charge in [-0.05, 0) is 32.9 Å². The highest BCUT2D eigenvalue weighted by molar-refractivity contribution is 14.0. The molecule has 0 bridgehead atoms. The van der Waals surface area contributed by atoms with E-state index >= 15 is 0 Å². The van der Waals surface area contributed by atoms with Crippen molar-refractivity contribution in [2.24, 2.45) is 4.99 Å². The lowest BCUT2D eigenvalue weighted by Crippen LogP contribution is -2.38. The van der Waals surface area contributed by atoms with Crippen LogP contribution >= 0.6 is 35.3 Å². The number of rotatable bonds is 7. The van der Waals surface area contributed by atoms with Gasteiger partial charge in [0.15, 0.2) is 5.96 Å². The first kappa shape index (κ1) is 20.8. The van der Waals surface area contributed by atoms with Crippen molar-refractivity contribution in [2.75, 3.05) is 19.6 Å². The summed E-state index contributed by atoms with van der Waals surface area (Å²) in [6, 6.07) is 5.99. The SMILES string of the molecule is CCNC(=NCCc1nc(C)c(C)s1)NCCc1ccccn1.I. The number of halogens is 1. The Morgan fingerprint density at radius 3 is 2.67 bits per heavy atom. The first-order chi connectivity index (χ1) is 11.2. The first-order valence-electron chi connectivity index (χ1n) is 8.04. The minimum absolute atomic E-state index is 0. The van der Waals surface area contributed by atoms with Gasteiger partial charge in [0.25, 0.3) is 0 Å². The molecule has 0 aliphatic carbocycles. The second kappa shape index (κ2) is 11.4. The van der Waals surface area contributed by atoms with Crippen molar-refractivity contribution in [1.82, 2.24) is 20.6 Å². The molecule has 0 spiro atoms. The van der Waals surface area contributed by atoms with Gasteiger partial charge in [-0.1, -0.05) is 6.07 Å². The van der Waals surface area contributed by atoms with Gasteiger partial charge in [-0.25, -0.2) is 4.98 Å². The summed E-state index contributed by atoms with van der Waals surface area (Å²) in [6.07, 6.45) is 3.60. The normalized spacial score (nSPS) is 11.0. The molecule has 0 saturated heterocycles. The summed E-state index contributed by atoms with van der Waals surface area (Å²) in [5.74, 6) is 0.855. The molecule has 0 radical (unpaired) electrons. The quantitative estimate of drug-likeness (QED) is 0.380. The summed E-state index contributed by atoms with van der Waals surface area (Å²) in [5, 5.41) is 7.79. The van der Waals surface area contributed by atoms with E-state index in [4.69, 9.17) is 0 Å². The molecule has 2 heterocycles. The topological polar surface area (TPSA) is 62.2 Å². The second-order valence-corrected chi connectivity index (χ2v) is 6.55. The zero-order valence-corrected chi connectivity index (χ0v) is 17.6. The van der Waals surface area contributed by atoms with Gasteiger partial charge in [0, 0.05) is 49.2 Å². The van der Waals surface area contributed by atoms with Crippen molar-refractivity contribution < 1.29 is 0 Å². The molecule has 2 rings (SSSR count). The summed E-state index contributed by atoms with van der Waals surface area (Å²) < 4.78 is 0. The van der Waals surface area contributed by atoms with Crippen molar-refractivity contribution >= 4 is 41.3 Å². The molecule has 2 aromatic rings. The van der Waals surface area contributed by atoms with Crippen LogP contribution in [0.5, 0.6) is 0 Å². The fraction of sp³-hybridized carbons (Fsp3) is 0.471. The van der Waals surface area contributed by atoms with Gasteiger partial charge in [0.2, 0.25) is 0 Å². The Hall–Kier alpha value is -1.22. The van der Waals surface area contributed by atoms with E-state index < -0.39 is 0 Å². The summed E-state index contributed by atoms with van der Waals surface area (Å²) in [4.78, 5) is 14.8. The number of hydrogen-bond acceptors (Lipinski definition) is 4. The predicted molar refractivity (Wildman–Crippen MR) is 113 cm³/mol. The molecule has 0 saturated carbocycles. The zero-order valence-electron chi connectivity index (χ0n) is 14.5. The summed E-state index contributed by atoms with van der Waals surface area (Å²) in [7, 11) is 0. The van der Waals surface area contributed by atoms with Gasteiger partial charge >= 0.3 is 0 Å². The zero-order chi connectivity index (χ0) is 16.5. The van der Waals surface area contributed by atoms with Crippen LogP contribution in [0.15, 0.2) is 29.4 Å². The fourth-order valence-corrected chi connectivity index (χ4v) is 3.03. The second-order valence-electron chi connectivity index (χ2n) is 5.26. The molecule has 0 aliphatic heterocycles. The molecule has 0 aliphatic rings. The highest BCUT2D eigenvalue weighted by atomic mass is 127. The van der Waals surface area contributed by atoms with Gasteiger partial charge in [0.1, 0.15) is 0 Å². The molecule has 2 N–H and O–H groups in total. The van der Waals surface area contributed by atoms with Crippen molar-refractivity contribution in [3.8, 4) is 0 Å². The molecular weight excluding hydrogens is 433 g/mol. The third-order valence-electron chi connectivity index (χ3n) is 3.41.